The summed E-state index contributed by atoms with van der Waals surface area (Å²) in [5, 5.41) is 6.16. The third-order valence-corrected chi connectivity index (χ3v) is 5.21. The summed E-state index contributed by atoms with van der Waals surface area (Å²) in [6.45, 7) is 3.72. The predicted molar refractivity (Wildman–Crippen MR) is 105 cm³/mol. The summed E-state index contributed by atoms with van der Waals surface area (Å²) in [4.78, 5) is 26.9. The molecule has 1 aromatic rings. The maximum atomic E-state index is 12.5. The Hall–Kier alpha value is -1.88. The molecule has 1 unspecified atom stereocenters. The molecule has 1 atom stereocenters. The topological polar surface area (TPSA) is 61.4 Å². The van der Waals surface area contributed by atoms with Gasteiger partial charge in [-0.15, -0.1) is 0 Å². The van der Waals surface area contributed by atoms with Crippen molar-refractivity contribution in [2.24, 2.45) is 11.8 Å². The molecular formula is C21H33N3O2. The number of benzene rings is 1. The molecule has 0 radical (unpaired) electrons. The molecular weight excluding hydrogens is 326 g/mol. The lowest BCUT2D eigenvalue weighted by Gasteiger charge is -2.28. The number of hydrogen-bond acceptors (Lipinski definition) is 3. The first-order chi connectivity index (χ1) is 12.5. The molecule has 144 valence electrons. The molecule has 5 heteroatoms. The zero-order chi connectivity index (χ0) is 18.9. The summed E-state index contributed by atoms with van der Waals surface area (Å²) in [6, 6.07) is 10.0. The van der Waals surface area contributed by atoms with Crippen LogP contribution in [0.25, 0.3) is 0 Å². The van der Waals surface area contributed by atoms with Crippen molar-refractivity contribution in [2.45, 2.75) is 45.1 Å². The Morgan fingerprint density at radius 2 is 1.62 bits per heavy atom. The average molecular weight is 360 g/mol. The molecule has 1 aromatic carbocycles. The van der Waals surface area contributed by atoms with Crippen LogP contribution < -0.4 is 10.6 Å². The van der Waals surface area contributed by atoms with Crippen molar-refractivity contribution >= 4 is 11.8 Å². The molecule has 26 heavy (non-hydrogen) atoms. The van der Waals surface area contributed by atoms with Gasteiger partial charge in [0.05, 0.1) is 6.04 Å². The van der Waals surface area contributed by atoms with Crippen LogP contribution >= 0.6 is 0 Å². The molecule has 0 bridgehead atoms. The van der Waals surface area contributed by atoms with Crippen molar-refractivity contribution in [2.75, 3.05) is 27.2 Å². The number of carbonyl (C=O) groups is 2. The minimum absolute atomic E-state index is 0.0152. The van der Waals surface area contributed by atoms with Gasteiger partial charge in [-0.2, -0.15) is 0 Å². The van der Waals surface area contributed by atoms with E-state index in [1.165, 1.54) is 0 Å². The van der Waals surface area contributed by atoms with E-state index in [4.69, 9.17) is 0 Å². The fourth-order valence-electron chi connectivity index (χ4n) is 3.53. The van der Waals surface area contributed by atoms with Crippen LogP contribution in [0.1, 0.15) is 50.6 Å². The molecule has 0 aromatic heterocycles. The van der Waals surface area contributed by atoms with Crippen molar-refractivity contribution in [1.82, 2.24) is 15.5 Å². The number of carbonyl (C=O) groups excluding carboxylic acids is 2. The minimum Gasteiger partial charge on any atom is -0.356 e. The molecule has 1 fully saturated rings. The summed E-state index contributed by atoms with van der Waals surface area (Å²) in [5.41, 5.74) is 1.12. The van der Waals surface area contributed by atoms with Crippen LogP contribution in [0.2, 0.25) is 0 Å². The molecule has 0 aliphatic heterocycles. The monoisotopic (exact) mass is 359 g/mol. The van der Waals surface area contributed by atoms with E-state index in [1.807, 2.05) is 51.4 Å². The van der Waals surface area contributed by atoms with Gasteiger partial charge < -0.3 is 15.5 Å². The highest BCUT2D eigenvalue weighted by molar-refractivity contribution is 5.81. The lowest BCUT2D eigenvalue weighted by molar-refractivity contribution is -0.130. The van der Waals surface area contributed by atoms with Gasteiger partial charge in [-0.05, 0) is 65.2 Å². The zero-order valence-corrected chi connectivity index (χ0v) is 16.3. The van der Waals surface area contributed by atoms with Gasteiger partial charge in [-0.25, -0.2) is 0 Å². The standard InChI is InChI=1S/C21H33N3O2/c1-16(17-8-5-4-6-9-17)23-21(26)19-12-10-18(11-13-19)20(25)22-14-7-15-24(2)3/h4-6,8-9,16,18-19H,7,10-15H2,1-3H3,(H,22,25)(H,23,26). The Balaban J connectivity index is 1.70. The first-order valence-corrected chi connectivity index (χ1v) is 9.75. The Bertz CT molecular complexity index is 566. The lowest BCUT2D eigenvalue weighted by atomic mass is 9.81. The van der Waals surface area contributed by atoms with Crippen molar-refractivity contribution in [3.05, 3.63) is 35.9 Å². The van der Waals surface area contributed by atoms with Crippen LogP contribution in [-0.2, 0) is 9.59 Å². The number of nitrogens with zero attached hydrogens (tertiary/aromatic N) is 1. The van der Waals surface area contributed by atoms with Crippen molar-refractivity contribution in [3.8, 4) is 0 Å². The Kier molecular flexibility index (Phi) is 8.10. The van der Waals surface area contributed by atoms with Crippen molar-refractivity contribution in [1.29, 1.82) is 0 Å². The molecule has 0 saturated heterocycles. The molecule has 0 spiro atoms. The van der Waals surface area contributed by atoms with Crippen LogP contribution in [0.5, 0.6) is 0 Å². The van der Waals surface area contributed by atoms with E-state index in [-0.39, 0.29) is 29.7 Å². The Labute approximate surface area is 157 Å². The van der Waals surface area contributed by atoms with Crippen LogP contribution in [0.15, 0.2) is 30.3 Å². The Morgan fingerprint density at radius 3 is 2.19 bits per heavy atom. The van der Waals surface area contributed by atoms with E-state index in [0.717, 1.165) is 50.8 Å². The zero-order valence-electron chi connectivity index (χ0n) is 16.3. The molecule has 2 amide bonds. The summed E-state index contributed by atoms with van der Waals surface area (Å²) in [6.07, 6.45) is 4.16. The second-order valence-corrected chi connectivity index (χ2v) is 7.64. The van der Waals surface area contributed by atoms with E-state index in [1.54, 1.807) is 0 Å². The van der Waals surface area contributed by atoms with Gasteiger partial charge in [-0.1, -0.05) is 30.3 Å². The van der Waals surface area contributed by atoms with Crippen LogP contribution in [-0.4, -0.2) is 43.9 Å². The number of hydrogen-bond donors (Lipinski definition) is 2. The van der Waals surface area contributed by atoms with Gasteiger partial charge in [0.1, 0.15) is 0 Å². The van der Waals surface area contributed by atoms with Gasteiger partial charge in [-0.3, -0.25) is 9.59 Å². The average Bonchev–Trinajstić information content (AvgIpc) is 2.65. The van der Waals surface area contributed by atoms with E-state index in [0.29, 0.717) is 0 Å². The van der Waals surface area contributed by atoms with Crippen molar-refractivity contribution < 1.29 is 9.59 Å². The van der Waals surface area contributed by atoms with Crippen LogP contribution in [0, 0.1) is 11.8 Å². The summed E-state index contributed by atoms with van der Waals surface area (Å²) >= 11 is 0. The predicted octanol–water partition coefficient (Wildman–Crippen LogP) is 2.74. The molecule has 2 rings (SSSR count). The highest BCUT2D eigenvalue weighted by Crippen LogP contribution is 2.29. The largest absolute Gasteiger partial charge is 0.356 e. The first-order valence-electron chi connectivity index (χ1n) is 9.75. The van der Waals surface area contributed by atoms with E-state index in [9.17, 15) is 9.59 Å². The number of nitrogens with one attached hydrogen (secondary N) is 2. The first kappa shape index (κ1) is 20.4. The molecule has 1 aliphatic carbocycles. The van der Waals surface area contributed by atoms with Gasteiger partial charge in [0.2, 0.25) is 11.8 Å². The highest BCUT2D eigenvalue weighted by atomic mass is 16.2. The maximum Gasteiger partial charge on any atom is 0.223 e. The maximum absolute atomic E-state index is 12.5. The third kappa shape index (κ3) is 6.45. The number of rotatable bonds is 8. The smallest absolute Gasteiger partial charge is 0.223 e. The number of amides is 2. The molecule has 1 aliphatic rings. The summed E-state index contributed by atoms with van der Waals surface area (Å²) in [7, 11) is 4.07. The SMILES string of the molecule is CC(NC(=O)C1CCC(C(=O)NCCCN(C)C)CC1)c1ccccc1. The summed E-state index contributed by atoms with van der Waals surface area (Å²) < 4.78 is 0. The molecule has 2 N–H and O–H groups in total. The van der Waals surface area contributed by atoms with Gasteiger partial charge in [0.25, 0.3) is 0 Å². The second kappa shape index (κ2) is 10.3. The quantitative estimate of drug-likeness (QED) is 0.702. The van der Waals surface area contributed by atoms with Gasteiger partial charge in [0.15, 0.2) is 0 Å². The Morgan fingerprint density at radius 1 is 1.04 bits per heavy atom. The third-order valence-electron chi connectivity index (χ3n) is 5.21. The van der Waals surface area contributed by atoms with Gasteiger partial charge >= 0.3 is 0 Å². The highest BCUT2D eigenvalue weighted by Gasteiger charge is 2.30. The fraction of sp³-hybridized carbons (Fsp3) is 0.619. The van der Waals surface area contributed by atoms with E-state index < -0.39 is 0 Å². The van der Waals surface area contributed by atoms with Gasteiger partial charge in [0, 0.05) is 18.4 Å². The summed E-state index contributed by atoms with van der Waals surface area (Å²) in [5.74, 6) is 0.357. The van der Waals surface area contributed by atoms with Crippen molar-refractivity contribution in [3.63, 3.8) is 0 Å². The molecule has 0 heterocycles. The second-order valence-electron chi connectivity index (χ2n) is 7.64. The normalized spacial score (nSPS) is 21.2. The van der Waals surface area contributed by atoms with E-state index >= 15 is 0 Å². The molecule has 1 saturated carbocycles. The minimum atomic E-state index is 0.0152. The van der Waals surface area contributed by atoms with E-state index in [2.05, 4.69) is 15.5 Å². The fourth-order valence-corrected chi connectivity index (χ4v) is 3.53. The lowest BCUT2D eigenvalue weighted by Crippen LogP contribution is -2.38. The van der Waals surface area contributed by atoms with Crippen LogP contribution in [0.3, 0.4) is 0 Å². The molecule has 5 nitrogen and oxygen atoms in total. The van der Waals surface area contributed by atoms with Crippen LogP contribution in [0.4, 0.5) is 0 Å².